The molecule has 2 amide bonds. The van der Waals surface area contributed by atoms with Gasteiger partial charge in [-0.2, -0.15) is 0 Å². The van der Waals surface area contributed by atoms with Gasteiger partial charge in [0.15, 0.2) is 6.61 Å². The van der Waals surface area contributed by atoms with Gasteiger partial charge in [-0.3, -0.25) is 14.5 Å². The van der Waals surface area contributed by atoms with Crippen molar-refractivity contribution >= 4 is 17.6 Å². The van der Waals surface area contributed by atoms with Gasteiger partial charge in [-0.1, -0.05) is 19.9 Å². The molecule has 0 spiro atoms. The smallest absolute Gasteiger partial charge is 0.278 e. The van der Waals surface area contributed by atoms with Crippen molar-refractivity contribution in [2.45, 2.75) is 33.2 Å². The molecule has 9 heteroatoms. The number of rotatable bonds is 8. The third-order valence-corrected chi connectivity index (χ3v) is 3.68. The van der Waals surface area contributed by atoms with Crippen molar-refractivity contribution in [3.05, 3.63) is 47.8 Å². The number of hydrogen-bond acceptors (Lipinski definition) is 5. The van der Waals surface area contributed by atoms with E-state index in [1.54, 1.807) is 19.9 Å². The Labute approximate surface area is 161 Å². The summed E-state index contributed by atoms with van der Waals surface area (Å²) in [7, 11) is 0. The van der Waals surface area contributed by atoms with Gasteiger partial charge in [0.2, 0.25) is 17.7 Å². The lowest BCUT2D eigenvalue weighted by Gasteiger charge is -2.24. The normalized spacial score (nSPS) is 11.4. The number of nitrogens with two attached hydrogens (primary N) is 1. The van der Waals surface area contributed by atoms with Crippen LogP contribution >= 0.6 is 0 Å². The molecule has 0 aliphatic heterocycles. The standard InChI is InChI=1S/C19H22F2N4O3/c1-12(2)18(27)25(15-8-14(17(22)26)6-7-23-15)10-13-4-5-16(24-9-13)28-11-19(3,20)21/h4-9,12H,10-11H2,1-3H3,(H2,22,26). The Morgan fingerprint density at radius 1 is 1.25 bits per heavy atom. The number of nitrogens with zero attached hydrogens (tertiary/aromatic N) is 3. The first-order valence-electron chi connectivity index (χ1n) is 8.59. The lowest BCUT2D eigenvalue weighted by atomic mass is 10.1. The van der Waals surface area contributed by atoms with E-state index < -0.39 is 18.4 Å². The van der Waals surface area contributed by atoms with Crippen molar-refractivity contribution in [1.82, 2.24) is 9.97 Å². The number of alkyl halides is 2. The highest BCUT2D eigenvalue weighted by Gasteiger charge is 2.23. The number of carbonyl (C=O) groups excluding carboxylic acids is 2. The maximum Gasteiger partial charge on any atom is 0.278 e. The van der Waals surface area contributed by atoms with Crippen molar-refractivity contribution in [2.75, 3.05) is 11.5 Å². The molecule has 2 N–H and O–H groups in total. The molecule has 7 nitrogen and oxygen atoms in total. The predicted molar refractivity (Wildman–Crippen MR) is 99.1 cm³/mol. The first-order chi connectivity index (χ1) is 13.1. The number of amides is 2. The quantitative estimate of drug-likeness (QED) is 0.745. The van der Waals surface area contributed by atoms with Gasteiger partial charge in [-0.15, -0.1) is 0 Å². The zero-order valence-electron chi connectivity index (χ0n) is 15.9. The van der Waals surface area contributed by atoms with Gasteiger partial charge in [0.25, 0.3) is 5.92 Å². The molecule has 0 saturated heterocycles. The molecule has 0 aromatic carbocycles. The van der Waals surface area contributed by atoms with Crippen LogP contribution in [0.3, 0.4) is 0 Å². The summed E-state index contributed by atoms with van der Waals surface area (Å²) >= 11 is 0. The fourth-order valence-electron chi connectivity index (χ4n) is 2.28. The summed E-state index contributed by atoms with van der Waals surface area (Å²) in [6.45, 7) is 3.59. The molecular formula is C19H22F2N4O3. The molecule has 0 aliphatic carbocycles. The molecule has 0 aliphatic rings. The highest BCUT2D eigenvalue weighted by molar-refractivity contribution is 5.97. The second-order valence-corrected chi connectivity index (χ2v) is 6.71. The summed E-state index contributed by atoms with van der Waals surface area (Å²) in [6.07, 6.45) is 2.83. The van der Waals surface area contributed by atoms with Gasteiger partial charge < -0.3 is 10.5 Å². The maximum atomic E-state index is 12.9. The van der Waals surface area contributed by atoms with Crippen molar-refractivity contribution in [2.24, 2.45) is 11.7 Å². The Balaban J connectivity index is 2.23. The Morgan fingerprint density at radius 2 is 1.96 bits per heavy atom. The largest absolute Gasteiger partial charge is 0.471 e. The Bertz CT molecular complexity index is 836. The Kier molecular flexibility index (Phi) is 6.61. The van der Waals surface area contributed by atoms with Crippen LogP contribution in [0, 0.1) is 5.92 Å². The van der Waals surface area contributed by atoms with Crippen molar-refractivity contribution in [3.63, 3.8) is 0 Å². The molecule has 2 rings (SSSR count). The fraction of sp³-hybridized carbons (Fsp3) is 0.368. The minimum Gasteiger partial charge on any atom is -0.471 e. The average molecular weight is 392 g/mol. The molecule has 28 heavy (non-hydrogen) atoms. The summed E-state index contributed by atoms with van der Waals surface area (Å²) in [6, 6.07) is 5.97. The van der Waals surface area contributed by atoms with Gasteiger partial charge in [0.1, 0.15) is 5.82 Å². The van der Waals surface area contributed by atoms with Crippen LogP contribution in [0.1, 0.15) is 36.7 Å². The molecule has 0 radical (unpaired) electrons. The van der Waals surface area contributed by atoms with Gasteiger partial charge in [-0.05, 0) is 17.7 Å². The topological polar surface area (TPSA) is 98.4 Å². The average Bonchev–Trinajstić information content (AvgIpc) is 2.64. The Morgan fingerprint density at radius 3 is 2.50 bits per heavy atom. The number of pyridine rings is 2. The highest BCUT2D eigenvalue weighted by atomic mass is 19.3. The van der Waals surface area contributed by atoms with E-state index in [1.165, 1.54) is 35.5 Å². The van der Waals surface area contributed by atoms with Gasteiger partial charge in [0, 0.05) is 36.9 Å². The molecule has 0 atom stereocenters. The van der Waals surface area contributed by atoms with Crippen LogP contribution in [0.25, 0.3) is 0 Å². The maximum absolute atomic E-state index is 12.9. The number of anilines is 1. The van der Waals surface area contributed by atoms with Crippen LogP contribution < -0.4 is 15.4 Å². The molecular weight excluding hydrogens is 370 g/mol. The van der Waals surface area contributed by atoms with Gasteiger partial charge in [-0.25, -0.2) is 18.7 Å². The van der Waals surface area contributed by atoms with Gasteiger partial charge in [0.05, 0.1) is 6.54 Å². The summed E-state index contributed by atoms with van der Waals surface area (Å²) in [5.41, 5.74) is 6.17. The lowest BCUT2D eigenvalue weighted by Crippen LogP contribution is -2.34. The number of aromatic nitrogens is 2. The molecule has 0 saturated carbocycles. The second kappa shape index (κ2) is 8.73. The van der Waals surface area contributed by atoms with Crippen LogP contribution in [0.15, 0.2) is 36.7 Å². The van der Waals surface area contributed by atoms with E-state index in [-0.39, 0.29) is 35.6 Å². The fourth-order valence-corrected chi connectivity index (χ4v) is 2.28. The zero-order chi connectivity index (χ0) is 20.9. The van der Waals surface area contributed by atoms with E-state index in [1.807, 2.05) is 0 Å². The van der Waals surface area contributed by atoms with E-state index >= 15 is 0 Å². The van der Waals surface area contributed by atoms with E-state index in [2.05, 4.69) is 9.97 Å². The van der Waals surface area contributed by atoms with E-state index in [0.29, 0.717) is 5.56 Å². The molecule has 2 aromatic heterocycles. The number of primary amides is 1. The van der Waals surface area contributed by atoms with E-state index in [0.717, 1.165) is 6.92 Å². The minimum absolute atomic E-state index is 0.0564. The molecule has 2 heterocycles. The number of hydrogen-bond donors (Lipinski definition) is 1. The summed E-state index contributed by atoms with van der Waals surface area (Å²) < 4.78 is 30.7. The summed E-state index contributed by atoms with van der Waals surface area (Å²) in [5, 5.41) is 0. The van der Waals surface area contributed by atoms with Crippen LogP contribution in [0.2, 0.25) is 0 Å². The van der Waals surface area contributed by atoms with Crippen molar-refractivity contribution < 1.29 is 23.1 Å². The lowest BCUT2D eigenvalue weighted by molar-refractivity contribution is -0.121. The molecule has 2 aromatic rings. The highest BCUT2D eigenvalue weighted by Crippen LogP contribution is 2.20. The molecule has 150 valence electrons. The third kappa shape index (κ3) is 5.97. The zero-order valence-corrected chi connectivity index (χ0v) is 15.9. The number of carbonyl (C=O) groups is 2. The van der Waals surface area contributed by atoms with Crippen molar-refractivity contribution in [1.29, 1.82) is 0 Å². The Hall–Kier alpha value is -3.10. The third-order valence-electron chi connectivity index (χ3n) is 3.68. The summed E-state index contributed by atoms with van der Waals surface area (Å²) in [4.78, 5) is 33.6. The van der Waals surface area contributed by atoms with Crippen LogP contribution in [0.4, 0.5) is 14.6 Å². The predicted octanol–water partition coefficient (Wildman–Crippen LogP) is 2.80. The first-order valence-corrected chi connectivity index (χ1v) is 8.59. The first kappa shape index (κ1) is 21.2. The van der Waals surface area contributed by atoms with E-state index in [4.69, 9.17) is 10.5 Å². The minimum atomic E-state index is -2.96. The monoisotopic (exact) mass is 392 g/mol. The van der Waals surface area contributed by atoms with Gasteiger partial charge >= 0.3 is 0 Å². The van der Waals surface area contributed by atoms with Crippen LogP contribution in [-0.2, 0) is 11.3 Å². The number of halogens is 2. The van der Waals surface area contributed by atoms with Crippen molar-refractivity contribution in [3.8, 4) is 5.88 Å². The van der Waals surface area contributed by atoms with Crippen LogP contribution in [0.5, 0.6) is 5.88 Å². The molecule has 0 bridgehead atoms. The SMILES string of the molecule is CC(C)C(=O)N(Cc1ccc(OCC(C)(F)F)nc1)c1cc(C(N)=O)ccn1. The van der Waals surface area contributed by atoms with E-state index in [9.17, 15) is 18.4 Å². The van der Waals surface area contributed by atoms with Crippen LogP contribution in [-0.4, -0.2) is 34.3 Å². The summed E-state index contributed by atoms with van der Waals surface area (Å²) in [5.74, 6) is -3.78. The molecule has 0 unspecified atom stereocenters. The second-order valence-electron chi connectivity index (χ2n) is 6.71. The molecule has 0 fully saturated rings. The number of ether oxygens (including phenoxy) is 1.